The number of hydrogen-bond acceptors (Lipinski definition) is 7. The largest absolute Gasteiger partial charge is 0.372 e. The number of rotatable bonds is 8. The van der Waals surface area contributed by atoms with Gasteiger partial charge in [0.25, 0.3) is 0 Å². The number of fused-ring (bicyclic) bond motifs is 1. The molecule has 8 nitrogen and oxygen atoms in total. The van der Waals surface area contributed by atoms with Gasteiger partial charge >= 0.3 is 0 Å². The van der Waals surface area contributed by atoms with Crippen LogP contribution in [-0.4, -0.2) is 81.0 Å². The second-order valence-electron chi connectivity index (χ2n) is 8.33. The zero-order valence-corrected chi connectivity index (χ0v) is 20.2. The first-order valence-corrected chi connectivity index (χ1v) is 12.7. The van der Waals surface area contributed by atoms with Gasteiger partial charge in [0.2, 0.25) is 10.0 Å². The van der Waals surface area contributed by atoms with Gasteiger partial charge in [-0.15, -0.1) is 0 Å². The van der Waals surface area contributed by atoms with Crippen molar-refractivity contribution in [2.45, 2.75) is 17.9 Å². The Balaban J connectivity index is 1.47. The molecule has 0 aliphatic carbocycles. The Kier molecular flexibility index (Phi) is 7.23. The SMILES string of the molecule is CCOC(CN1CCN(S(=O)(=O)c2ccc3ncnc(N(C)C)c3c2)CC1)c1ccccc1. The molecule has 176 valence electrons. The van der Waals surface area contributed by atoms with Crippen molar-refractivity contribution in [2.75, 3.05) is 58.3 Å². The Morgan fingerprint density at radius 2 is 1.76 bits per heavy atom. The molecule has 1 aliphatic rings. The van der Waals surface area contributed by atoms with Gasteiger partial charge in [0, 0.05) is 58.8 Å². The predicted molar refractivity (Wildman–Crippen MR) is 130 cm³/mol. The maximum atomic E-state index is 13.4. The lowest BCUT2D eigenvalue weighted by molar-refractivity contribution is 0.0249. The molecular weight excluding hydrogens is 438 g/mol. The van der Waals surface area contributed by atoms with Gasteiger partial charge in [-0.3, -0.25) is 4.90 Å². The third kappa shape index (κ3) is 5.16. The number of nitrogens with zero attached hydrogens (tertiary/aromatic N) is 5. The van der Waals surface area contributed by atoms with Gasteiger partial charge in [-0.05, 0) is 30.7 Å². The quantitative estimate of drug-likeness (QED) is 0.502. The smallest absolute Gasteiger partial charge is 0.243 e. The van der Waals surface area contributed by atoms with Crippen LogP contribution in [0.4, 0.5) is 5.82 Å². The lowest BCUT2D eigenvalue weighted by atomic mass is 10.1. The Hall–Kier alpha value is -2.59. The minimum Gasteiger partial charge on any atom is -0.372 e. The molecule has 1 unspecified atom stereocenters. The van der Waals surface area contributed by atoms with Gasteiger partial charge in [0.1, 0.15) is 12.1 Å². The average Bonchev–Trinajstić information content (AvgIpc) is 2.84. The molecular formula is C24H31N5O3S. The van der Waals surface area contributed by atoms with Gasteiger partial charge in [-0.2, -0.15) is 4.31 Å². The number of benzene rings is 2. The van der Waals surface area contributed by atoms with E-state index in [9.17, 15) is 8.42 Å². The van der Waals surface area contributed by atoms with Gasteiger partial charge in [0.15, 0.2) is 0 Å². The maximum Gasteiger partial charge on any atom is 0.243 e. The van der Waals surface area contributed by atoms with Crippen molar-refractivity contribution in [1.82, 2.24) is 19.2 Å². The van der Waals surface area contributed by atoms with Crippen LogP contribution < -0.4 is 4.90 Å². The van der Waals surface area contributed by atoms with E-state index in [2.05, 4.69) is 27.0 Å². The lowest BCUT2D eigenvalue weighted by Crippen LogP contribution is -2.49. The fourth-order valence-electron chi connectivity index (χ4n) is 4.20. The molecule has 33 heavy (non-hydrogen) atoms. The molecule has 1 atom stereocenters. The van der Waals surface area contributed by atoms with Crippen molar-refractivity contribution in [3.8, 4) is 0 Å². The van der Waals surface area contributed by atoms with E-state index in [0.717, 1.165) is 23.0 Å². The molecule has 1 aliphatic heterocycles. The summed E-state index contributed by atoms with van der Waals surface area (Å²) >= 11 is 0. The molecule has 3 aromatic rings. The normalized spacial score (nSPS) is 16.7. The first kappa shape index (κ1) is 23.6. The number of ether oxygens (including phenoxy) is 1. The summed E-state index contributed by atoms with van der Waals surface area (Å²) in [4.78, 5) is 13.0. The molecule has 0 saturated carbocycles. The molecule has 2 heterocycles. The van der Waals surface area contributed by atoms with Crippen molar-refractivity contribution >= 4 is 26.7 Å². The van der Waals surface area contributed by atoms with Crippen molar-refractivity contribution in [2.24, 2.45) is 0 Å². The van der Waals surface area contributed by atoms with E-state index in [1.165, 1.54) is 6.33 Å². The summed E-state index contributed by atoms with van der Waals surface area (Å²) in [7, 11) is 0.155. The highest BCUT2D eigenvalue weighted by molar-refractivity contribution is 7.89. The molecule has 0 bridgehead atoms. The van der Waals surface area contributed by atoms with Crippen LogP contribution in [0.5, 0.6) is 0 Å². The molecule has 1 aromatic heterocycles. The monoisotopic (exact) mass is 469 g/mol. The van der Waals surface area contributed by atoms with Crippen molar-refractivity contribution in [3.63, 3.8) is 0 Å². The minimum atomic E-state index is -3.61. The van der Waals surface area contributed by atoms with Crippen molar-refractivity contribution in [1.29, 1.82) is 0 Å². The number of hydrogen-bond donors (Lipinski definition) is 0. The first-order valence-electron chi connectivity index (χ1n) is 11.2. The summed E-state index contributed by atoms with van der Waals surface area (Å²) in [6.45, 7) is 5.58. The number of aromatic nitrogens is 2. The molecule has 1 saturated heterocycles. The molecule has 0 N–H and O–H groups in total. The van der Waals surface area contributed by atoms with Gasteiger partial charge in [-0.1, -0.05) is 30.3 Å². The third-order valence-corrected chi connectivity index (χ3v) is 7.84. The van der Waals surface area contributed by atoms with Crippen LogP contribution in [0, 0.1) is 0 Å². The average molecular weight is 470 g/mol. The molecule has 4 rings (SSSR count). The molecule has 2 aromatic carbocycles. The minimum absolute atomic E-state index is 0.0238. The van der Waals surface area contributed by atoms with Crippen LogP contribution in [-0.2, 0) is 14.8 Å². The predicted octanol–water partition coefficient (Wildman–Crippen LogP) is 2.78. The van der Waals surface area contributed by atoms with E-state index in [1.54, 1.807) is 22.5 Å². The molecule has 0 radical (unpaired) electrons. The zero-order chi connectivity index (χ0) is 23.4. The topological polar surface area (TPSA) is 78.9 Å². The highest BCUT2D eigenvalue weighted by Crippen LogP contribution is 2.27. The van der Waals surface area contributed by atoms with Crippen molar-refractivity contribution < 1.29 is 13.2 Å². The van der Waals surface area contributed by atoms with Crippen LogP contribution in [0.1, 0.15) is 18.6 Å². The summed E-state index contributed by atoms with van der Waals surface area (Å²) in [5.41, 5.74) is 1.87. The van der Waals surface area contributed by atoms with Crippen LogP contribution in [0.2, 0.25) is 0 Å². The van der Waals surface area contributed by atoms with Gasteiger partial charge in [0.05, 0.1) is 16.5 Å². The van der Waals surface area contributed by atoms with E-state index >= 15 is 0 Å². The van der Waals surface area contributed by atoms with E-state index in [-0.39, 0.29) is 11.0 Å². The number of piperazine rings is 1. The zero-order valence-electron chi connectivity index (χ0n) is 19.4. The Morgan fingerprint density at radius 1 is 1.03 bits per heavy atom. The van der Waals surface area contributed by atoms with Gasteiger partial charge < -0.3 is 9.64 Å². The van der Waals surface area contributed by atoms with Crippen LogP contribution in [0.3, 0.4) is 0 Å². The van der Waals surface area contributed by atoms with E-state index in [1.807, 2.05) is 44.1 Å². The molecule has 0 spiro atoms. The molecule has 9 heteroatoms. The highest BCUT2D eigenvalue weighted by Gasteiger charge is 2.30. The van der Waals surface area contributed by atoms with Crippen LogP contribution in [0.25, 0.3) is 10.9 Å². The number of sulfonamides is 1. The third-order valence-electron chi connectivity index (χ3n) is 5.94. The Morgan fingerprint density at radius 3 is 2.42 bits per heavy atom. The Labute approximate surface area is 195 Å². The standard InChI is InChI=1S/C24H31N5O3S/c1-4-32-23(19-8-6-5-7-9-19)17-28-12-14-29(15-13-28)33(30,31)20-10-11-22-21(16-20)24(27(2)3)26-18-25-22/h5-11,16,18,23H,4,12-15,17H2,1-3H3. The highest BCUT2D eigenvalue weighted by atomic mass is 32.2. The lowest BCUT2D eigenvalue weighted by Gasteiger charge is -2.35. The van der Waals surface area contributed by atoms with Crippen LogP contribution in [0.15, 0.2) is 59.8 Å². The summed E-state index contributed by atoms with van der Waals surface area (Å²) < 4.78 is 34.3. The second kappa shape index (κ2) is 10.1. The maximum absolute atomic E-state index is 13.4. The van der Waals surface area contributed by atoms with E-state index in [0.29, 0.717) is 38.6 Å². The van der Waals surface area contributed by atoms with E-state index in [4.69, 9.17) is 4.74 Å². The van der Waals surface area contributed by atoms with Crippen molar-refractivity contribution in [3.05, 3.63) is 60.4 Å². The van der Waals surface area contributed by atoms with Gasteiger partial charge in [-0.25, -0.2) is 18.4 Å². The fourth-order valence-corrected chi connectivity index (χ4v) is 5.65. The Bertz CT molecular complexity index is 1180. The molecule has 1 fully saturated rings. The number of anilines is 1. The van der Waals surface area contributed by atoms with E-state index < -0.39 is 10.0 Å². The summed E-state index contributed by atoms with van der Waals surface area (Å²) in [6, 6.07) is 15.3. The molecule has 0 amide bonds. The summed E-state index contributed by atoms with van der Waals surface area (Å²) in [5, 5.41) is 0.727. The second-order valence-corrected chi connectivity index (χ2v) is 10.3. The first-order chi connectivity index (χ1) is 15.9. The summed E-state index contributed by atoms with van der Waals surface area (Å²) in [6.07, 6.45) is 1.47. The summed E-state index contributed by atoms with van der Waals surface area (Å²) in [5.74, 6) is 0.699. The van der Waals surface area contributed by atoms with Crippen LogP contribution >= 0.6 is 0 Å². The fraction of sp³-hybridized carbons (Fsp3) is 0.417.